The number of fused-ring (bicyclic) bond motifs is 2. The summed E-state index contributed by atoms with van der Waals surface area (Å²) in [6.45, 7) is 3.57. The van der Waals surface area contributed by atoms with Crippen LogP contribution in [0.1, 0.15) is 46.3 Å². The molecule has 0 bridgehead atoms. The zero-order chi connectivity index (χ0) is 17.6. The van der Waals surface area contributed by atoms with Crippen LogP contribution in [0.15, 0.2) is 49.0 Å². The van der Waals surface area contributed by atoms with E-state index in [2.05, 4.69) is 6.58 Å². The van der Waals surface area contributed by atoms with Gasteiger partial charge in [0.2, 0.25) is 5.91 Å². The second-order valence-corrected chi connectivity index (χ2v) is 6.73. The molecule has 0 aromatic heterocycles. The van der Waals surface area contributed by atoms with E-state index < -0.39 is 11.2 Å². The van der Waals surface area contributed by atoms with Gasteiger partial charge in [0.05, 0.1) is 12.0 Å². The third kappa shape index (κ3) is 2.24. The highest BCUT2D eigenvalue weighted by atomic mass is 19.1. The maximum atomic E-state index is 14.3. The number of nitrogens with zero attached hydrogens (tertiary/aromatic N) is 1. The van der Waals surface area contributed by atoms with Gasteiger partial charge < -0.3 is 0 Å². The van der Waals surface area contributed by atoms with Crippen molar-refractivity contribution < 1.29 is 14.0 Å². The quantitative estimate of drug-likeness (QED) is 0.793. The first kappa shape index (κ1) is 15.8. The second-order valence-electron chi connectivity index (χ2n) is 6.73. The molecule has 2 aromatic carbocycles. The summed E-state index contributed by atoms with van der Waals surface area (Å²) < 4.78 is 14.3. The average molecular weight is 335 g/mol. The van der Waals surface area contributed by atoms with Gasteiger partial charge in [-0.3, -0.25) is 14.5 Å². The molecule has 0 radical (unpaired) electrons. The molecule has 1 heterocycles. The second kappa shape index (κ2) is 5.66. The van der Waals surface area contributed by atoms with Gasteiger partial charge in [0.25, 0.3) is 5.91 Å². The summed E-state index contributed by atoms with van der Waals surface area (Å²) in [4.78, 5) is 27.2. The van der Waals surface area contributed by atoms with Crippen molar-refractivity contribution in [3.8, 4) is 0 Å². The number of benzene rings is 2. The monoisotopic (exact) mass is 335 g/mol. The van der Waals surface area contributed by atoms with Crippen molar-refractivity contribution in [3.05, 3.63) is 77.1 Å². The van der Waals surface area contributed by atoms with Gasteiger partial charge in [-0.1, -0.05) is 49.4 Å². The Morgan fingerprint density at radius 1 is 1.16 bits per heavy atom. The van der Waals surface area contributed by atoms with Crippen LogP contribution in [0.5, 0.6) is 0 Å². The number of rotatable bonds is 3. The Bertz CT molecular complexity index is 899. The average Bonchev–Trinajstić information content (AvgIpc) is 2.58. The largest absolute Gasteiger partial charge is 0.273 e. The molecule has 4 heteroatoms. The molecule has 1 spiro atoms. The number of amides is 2. The van der Waals surface area contributed by atoms with Crippen molar-refractivity contribution in [3.63, 3.8) is 0 Å². The Morgan fingerprint density at radius 2 is 1.92 bits per heavy atom. The van der Waals surface area contributed by atoms with E-state index in [4.69, 9.17) is 0 Å². The normalized spacial score (nSPS) is 18.0. The summed E-state index contributed by atoms with van der Waals surface area (Å²) in [6.07, 6.45) is 4.00. The lowest BCUT2D eigenvalue weighted by atomic mass is 9.61. The number of hydrogen-bond donors (Lipinski definition) is 0. The zero-order valence-corrected chi connectivity index (χ0v) is 13.8. The van der Waals surface area contributed by atoms with Crippen molar-refractivity contribution in [2.75, 3.05) is 0 Å². The number of hydrogen-bond acceptors (Lipinski definition) is 2. The molecule has 0 unspecified atom stereocenters. The topological polar surface area (TPSA) is 37.4 Å². The van der Waals surface area contributed by atoms with Crippen LogP contribution in [-0.2, 0) is 16.8 Å². The van der Waals surface area contributed by atoms with Gasteiger partial charge in [-0.25, -0.2) is 4.39 Å². The summed E-state index contributed by atoms with van der Waals surface area (Å²) in [5, 5.41) is 0. The van der Waals surface area contributed by atoms with Crippen LogP contribution < -0.4 is 0 Å². The molecule has 1 aliphatic heterocycles. The molecule has 0 atom stereocenters. The van der Waals surface area contributed by atoms with Gasteiger partial charge in [-0.05, 0) is 36.1 Å². The Morgan fingerprint density at radius 3 is 2.56 bits per heavy atom. The number of halogens is 1. The van der Waals surface area contributed by atoms with Crippen LogP contribution in [0, 0.1) is 5.82 Å². The molecule has 0 saturated heterocycles. The summed E-state index contributed by atoms with van der Waals surface area (Å²) >= 11 is 0. The molecular formula is C21H18FNO2. The summed E-state index contributed by atoms with van der Waals surface area (Å²) in [6, 6.07) is 12.0. The third-order valence-electron chi connectivity index (χ3n) is 5.42. The minimum absolute atomic E-state index is 0.0446. The molecule has 25 heavy (non-hydrogen) atoms. The minimum Gasteiger partial charge on any atom is -0.273 e. The molecule has 4 rings (SSSR count). The number of carbonyl (C=O) groups excluding carboxylic acids is 2. The van der Waals surface area contributed by atoms with Gasteiger partial charge in [0, 0.05) is 11.1 Å². The van der Waals surface area contributed by atoms with E-state index in [0.29, 0.717) is 16.7 Å². The van der Waals surface area contributed by atoms with E-state index in [0.717, 1.165) is 24.8 Å². The van der Waals surface area contributed by atoms with E-state index in [1.807, 2.05) is 12.1 Å². The Kier molecular flexibility index (Phi) is 3.57. The maximum Gasteiger partial charge on any atom is 0.261 e. The molecule has 1 fully saturated rings. The first-order valence-corrected chi connectivity index (χ1v) is 8.43. The molecule has 2 aromatic rings. The standard InChI is InChI=1S/C21H18FNO2/c1-2-14-8-9-15(18(22)12-14)13-23-19(24)16-6-3-4-7-17(16)21(20(23)25)10-5-11-21/h2-4,6-9,12H,1,5,10-11,13H2. The first-order valence-electron chi connectivity index (χ1n) is 8.43. The van der Waals surface area contributed by atoms with E-state index in [1.165, 1.54) is 11.0 Å². The van der Waals surface area contributed by atoms with E-state index >= 15 is 0 Å². The molecule has 126 valence electrons. The van der Waals surface area contributed by atoms with Gasteiger partial charge >= 0.3 is 0 Å². The lowest BCUT2D eigenvalue weighted by Crippen LogP contribution is -2.57. The van der Waals surface area contributed by atoms with Crippen LogP contribution in [0.2, 0.25) is 0 Å². The lowest BCUT2D eigenvalue weighted by molar-refractivity contribution is -0.139. The van der Waals surface area contributed by atoms with Crippen LogP contribution in [0.3, 0.4) is 0 Å². The molecule has 0 N–H and O–H groups in total. The lowest BCUT2D eigenvalue weighted by Gasteiger charge is -2.47. The van der Waals surface area contributed by atoms with Crippen LogP contribution >= 0.6 is 0 Å². The van der Waals surface area contributed by atoms with Gasteiger partial charge in [-0.2, -0.15) is 0 Å². The SMILES string of the molecule is C=Cc1ccc(CN2C(=O)c3ccccc3C3(CCC3)C2=O)c(F)c1. The fraction of sp³-hybridized carbons (Fsp3) is 0.238. The Balaban J connectivity index is 1.75. The Labute approximate surface area is 145 Å². The minimum atomic E-state index is -0.609. The number of imide groups is 1. The van der Waals surface area contributed by atoms with Crippen molar-refractivity contribution in [2.24, 2.45) is 0 Å². The highest BCUT2D eigenvalue weighted by molar-refractivity contribution is 6.13. The van der Waals surface area contributed by atoms with Crippen LogP contribution in [0.25, 0.3) is 6.08 Å². The molecule has 3 nitrogen and oxygen atoms in total. The van der Waals surface area contributed by atoms with E-state index in [9.17, 15) is 14.0 Å². The van der Waals surface area contributed by atoms with Crippen molar-refractivity contribution >= 4 is 17.9 Å². The van der Waals surface area contributed by atoms with Crippen molar-refractivity contribution in [1.29, 1.82) is 0 Å². The fourth-order valence-electron chi connectivity index (χ4n) is 3.84. The van der Waals surface area contributed by atoms with Crippen molar-refractivity contribution in [2.45, 2.75) is 31.2 Å². The highest BCUT2D eigenvalue weighted by Crippen LogP contribution is 2.49. The molecule has 2 amide bonds. The predicted molar refractivity (Wildman–Crippen MR) is 93.3 cm³/mol. The Hall–Kier alpha value is -2.75. The predicted octanol–water partition coefficient (Wildman–Crippen LogP) is 4.07. The first-order chi connectivity index (χ1) is 12.1. The van der Waals surface area contributed by atoms with Crippen LogP contribution in [0.4, 0.5) is 4.39 Å². The summed E-state index contributed by atoms with van der Waals surface area (Å²) in [7, 11) is 0. The number of carbonyl (C=O) groups is 2. The molecule has 2 aliphatic rings. The summed E-state index contributed by atoms with van der Waals surface area (Å²) in [5.41, 5.74) is 1.78. The summed E-state index contributed by atoms with van der Waals surface area (Å²) in [5.74, 6) is -0.973. The van der Waals surface area contributed by atoms with Crippen LogP contribution in [-0.4, -0.2) is 16.7 Å². The van der Waals surface area contributed by atoms with Gasteiger partial charge in [0.1, 0.15) is 5.82 Å². The molecule has 1 aliphatic carbocycles. The zero-order valence-electron chi connectivity index (χ0n) is 13.8. The fourth-order valence-corrected chi connectivity index (χ4v) is 3.84. The van der Waals surface area contributed by atoms with E-state index in [-0.39, 0.29) is 18.4 Å². The maximum absolute atomic E-state index is 14.3. The van der Waals surface area contributed by atoms with Gasteiger partial charge in [0.15, 0.2) is 0 Å². The van der Waals surface area contributed by atoms with E-state index in [1.54, 1.807) is 30.3 Å². The molecular weight excluding hydrogens is 317 g/mol. The van der Waals surface area contributed by atoms with Gasteiger partial charge in [-0.15, -0.1) is 0 Å². The smallest absolute Gasteiger partial charge is 0.261 e. The molecule has 1 saturated carbocycles. The van der Waals surface area contributed by atoms with Crippen molar-refractivity contribution in [1.82, 2.24) is 4.90 Å². The highest BCUT2D eigenvalue weighted by Gasteiger charge is 2.53. The third-order valence-corrected chi connectivity index (χ3v) is 5.42.